The molecule has 21 heavy (non-hydrogen) atoms. The highest BCUT2D eigenvalue weighted by Gasteiger charge is 2.24. The molecule has 0 radical (unpaired) electrons. The third-order valence-electron chi connectivity index (χ3n) is 3.26. The molecule has 7 heteroatoms. The van der Waals surface area contributed by atoms with Gasteiger partial charge in [0, 0.05) is 18.3 Å². The second-order valence-electron chi connectivity index (χ2n) is 5.14. The van der Waals surface area contributed by atoms with Gasteiger partial charge in [-0.1, -0.05) is 24.8 Å². The summed E-state index contributed by atoms with van der Waals surface area (Å²) in [5, 5.41) is 7.24. The standard InChI is InChI=1S/C14H21N5OS/c1-4-10(15)12(11-7-5-6-8-16-11)21-14-18-17-13(20)19(14)9(2)3/h5-10,12H,4,15H2,1-3H3,(H,17,20). The van der Waals surface area contributed by atoms with E-state index >= 15 is 0 Å². The summed E-state index contributed by atoms with van der Waals surface area (Å²) in [4.78, 5) is 16.2. The van der Waals surface area contributed by atoms with Gasteiger partial charge in [-0.05, 0) is 32.4 Å². The highest BCUT2D eigenvalue weighted by molar-refractivity contribution is 7.99. The van der Waals surface area contributed by atoms with Gasteiger partial charge in [-0.3, -0.25) is 9.55 Å². The maximum atomic E-state index is 11.8. The highest BCUT2D eigenvalue weighted by Crippen LogP contribution is 2.36. The minimum atomic E-state index is -0.197. The van der Waals surface area contributed by atoms with Gasteiger partial charge < -0.3 is 5.73 Å². The van der Waals surface area contributed by atoms with E-state index in [1.165, 1.54) is 11.8 Å². The Morgan fingerprint density at radius 1 is 1.43 bits per heavy atom. The van der Waals surface area contributed by atoms with Crippen molar-refractivity contribution in [3.05, 3.63) is 40.6 Å². The summed E-state index contributed by atoms with van der Waals surface area (Å²) in [5.41, 5.74) is 6.95. The van der Waals surface area contributed by atoms with Crippen molar-refractivity contribution in [2.75, 3.05) is 0 Å². The van der Waals surface area contributed by atoms with Crippen molar-refractivity contribution in [2.45, 2.75) is 49.7 Å². The number of hydrogen-bond donors (Lipinski definition) is 2. The van der Waals surface area contributed by atoms with E-state index in [1.807, 2.05) is 39.0 Å². The zero-order valence-electron chi connectivity index (χ0n) is 12.5. The molecule has 0 saturated carbocycles. The number of rotatable bonds is 6. The molecule has 2 heterocycles. The van der Waals surface area contributed by atoms with Crippen molar-refractivity contribution in [3.8, 4) is 0 Å². The number of nitrogens with zero attached hydrogens (tertiary/aromatic N) is 3. The Balaban J connectivity index is 2.34. The van der Waals surface area contributed by atoms with E-state index in [9.17, 15) is 4.79 Å². The van der Waals surface area contributed by atoms with E-state index in [4.69, 9.17) is 5.73 Å². The zero-order chi connectivity index (χ0) is 15.4. The molecule has 0 spiro atoms. The molecule has 2 aromatic rings. The SMILES string of the molecule is CCC(N)C(Sc1n[nH]c(=O)n1C(C)C)c1ccccn1. The maximum absolute atomic E-state index is 11.8. The Morgan fingerprint density at radius 3 is 2.76 bits per heavy atom. The van der Waals surface area contributed by atoms with Crippen molar-refractivity contribution in [3.63, 3.8) is 0 Å². The van der Waals surface area contributed by atoms with E-state index in [2.05, 4.69) is 15.2 Å². The van der Waals surface area contributed by atoms with Crippen molar-refractivity contribution < 1.29 is 0 Å². The topological polar surface area (TPSA) is 89.6 Å². The lowest BCUT2D eigenvalue weighted by Crippen LogP contribution is -2.27. The lowest BCUT2D eigenvalue weighted by Gasteiger charge is -2.22. The Hall–Kier alpha value is -1.60. The van der Waals surface area contributed by atoms with Crippen LogP contribution in [0.5, 0.6) is 0 Å². The normalized spacial score (nSPS) is 14.3. The number of aromatic amines is 1. The fraction of sp³-hybridized carbons (Fsp3) is 0.500. The van der Waals surface area contributed by atoms with Crippen molar-refractivity contribution >= 4 is 11.8 Å². The minimum Gasteiger partial charge on any atom is -0.326 e. The minimum absolute atomic E-state index is 0.0381. The average molecular weight is 307 g/mol. The molecule has 6 nitrogen and oxygen atoms in total. The van der Waals surface area contributed by atoms with Crippen molar-refractivity contribution in [1.29, 1.82) is 0 Å². The first kappa shape index (κ1) is 15.8. The van der Waals surface area contributed by atoms with Crippen LogP contribution in [0, 0.1) is 0 Å². The summed E-state index contributed by atoms with van der Waals surface area (Å²) < 4.78 is 1.64. The number of hydrogen-bond acceptors (Lipinski definition) is 5. The molecule has 0 aromatic carbocycles. The molecule has 2 aromatic heterocycles. The molecule has 0 aliphatic heterocycles. The fourth-order valence-electron chi connectivity index (χ4n) is 2.07. The van der Waals surface area contributed by atoms with Crippen LogP contribution in [0.4, 0.5) is 0 Å². The average Bonchev–Trinajstić information content (AvgIpc) is 2.85. The van der Waals surface area contributed by atoms with Crippen LogP contribution < -0.4 is 11.4 Å². The fourth-order valence-corrected chi connectivity index (χ4v) is 3.43. The Morgan fingerprint density at radius 2 is 2.19 bits per heavy atom. The van der Waals surface area contributed by atoms with E-state index in [1.54, 1.807) is 10.8 Å². The molecular formula is C14H21N5OS. The maximum Gasteiger partial charge on any atom is 0.344 e. The van der Waals surface area contributed by atoms with Crippen molar-refractivity contribution in [2.24, 2.45) is 5.73 Å². The van der Waals surface area contributed by atoms with Gasteiger partial charge in [0.25, 0.3) is 0 Å². The van der Waals surface area contributed by atoms with Crippen LogP contribution in [0.25, 0.3) is 0 Å². The van der Waals surface area contributed by atoms with E-state index < -0.39 is 0 Å². The number of thioether (sulfide) groups is 1. The van der Waals surface area contributed by atoms with Crippen LogP contribution in [-0.4, -0.2) is 25.8 Å². The number of H-pyrrole nitrogens is 1. The molecule has 2 atom stereocenters. The molecule has 0 bridgehead atoms. The van der Waals surface area contributed by atoms with Gasteiger partial charge in [0.15, 0.2) is 5.16 Å². The third kappa shape index (κ3) is 3.54. The number of pyridine rings is 1. The zero-order valence-corrected chi connectivity index (χ0v) is 13.3. The van der Waals surface area contributed by atoms with Gasteiger partial charge in [-0.2, -0.15) is 0 Å². The largest absolute Gasteiger partial charge is 0.344 e. The quantitative estimate of drug-likeness (QED) is 0.798. The number of aromatic nitrogens is 4. The first-order valence-electron chi connectivity index (χ1n) is 7.04. The van der Waals surface area contributed by atoms with E-state index in [0.717, 1.165) is 12.1 Å². The summed E-state index contributed by atoms with van der Waals surface area (Å²) in [6, 6.07) is 5.76. The molecule has 0 fully saturated rings. The van der Waals surface area contributed by atoms with Gasteiger partial charge in [-0.15, -0.1) is 5.10 Å². The van der Waals surface area contributed by atoms with Gasteiger partial charge in [0.1, 0.15) is 0 Å². The predicted molar refractivity (Wildman–Crippen MR) is 84.3 cm³/mol. The third-order valence-corrected chi connectivity index (χ3v) is 4.60. The molecule has 0 amide bonds. The molecule has 2 unspecified atom stereocenters. The van der Waals surface area contributed by atoms with Crippen LogP contribution >= 0.6 is 11.8 Å². The molecular weight excluding hydrogens is 286 g/mol. The molecule has 0 aliphatic rings. The van der Waals surface area contributed by atoms with Crippen LogP contribution in [0.3, 0.4) is 0 Å². The number of nitrogens with one attached hydrogen (secondary N) is 1. The monoisotopic (exact) mass is 307 g/mol. The second-order valence-corrected chi connectivity index (χ2v) is 6.25. The molecule has 0 aliphatic carbocycles. The Labute approximate surface area is 128 Å². The van der Waals surface area contributed by atoms with Gasteiger partial charge in [0.05, 0.1) is 10.9 Å². The lowest BCUT2D eigenvalue weighted by molar-refractivity contribution is 0.531. The summed E-state index contributed by atoms with van der Waals surface area (Å²) in [6.07, 6.45) is 2.58. The first-order chi connectivity index (χ1) is 10.0. The number of nitrogens with two attached hydrogens (primary N) is 1. The van der Waals surface area contributed by atoms with E-state index in [0.29, 0.717) is 5.16 Å². The van der Waals surface area contributed by atoms with E-state index in [-0.39, 0.29) is 23.0 Å². The van der Waals surface area contributed by atoms with Gasteiger partial charge in [0.2, 0.25) is 0 Å². The second kappa shape index (κ2) is 6.91. The summed E-state index contributed by atoms with van der Waals surface area (Å²) >= 11 is 1.48. The van der Waals surface area contributed by atoms with Crippen LogP contribution in [-0.2, 0) is 0 Å². The van der Waals surface area contributed by atoms with Crippen molar-refractivity contribution in [1.82, 2.24) is 19.7 Å². The van der Waals surface area contributed by atoms with Crippen LogP contribution in [0.1, 0.15) is 44.2 Å². The summed E-state index contributed by atoms with van der Waals surface area (Å²) in [7, 11) is 0. The summed E-state index contributed by atoms with van der Waals surface area (Å²) in [5.74, 6) is 0. The van der Waals surface area contributed by atoms with Gasteiger partial charge in [-0.25, -0.2) is 9.89 Å². The molecule has 2 rings (SSSR count). The molecule has 0 saturated heterocycles. The van der Waals surface area contributed by atoms with Gasteiger partial charge >= 0.3 is 5.69 Å². The van der Waals surface area contributed by atoms with Crippen LogP contribution in [0.2, 0.25) is 0 Å². The predicted octanol–water partition coefficient (Wildman–Crippen LogP) is 2.12. The molecule has 3 N–H and O–H groups in total. The lowest BCUT2D eigenvalue weighted by atomic mass is 10.1. The Bertz CT molecular complexity index is 622. The first-order valence-corrected chi connectivity index (χ1v) is 7.92. The van der Waals surface area contributed by atoms with Crippen LogP contribution in [0.15, 0.2) is 34.3 Å². The smallest absolute Gasteiger partial charge is 0.326 e. The Kier molecular flexibility index (Phi) is 5.19. The highest BCUT2D eigenvalue weighted by atomic mass is 32.2. The molecule has 114 valence electrons. The summed E-state index contributed by atoms with van der Waals surface area (Å²) in [6.45, 7) is 5.95.